The summed E-state index contributed by atoms with van der Waals surface area (Å²) in [5, 5.41) is 15.6. The first-order valence-electron chi connectivity index (χ1n) is 14.5. The maximum atomic E-state index is 10.8. The average Bonchev–Trinajstić information content (AvgIpc) is 3.45. The van der Waals surface area contributed by atoms with Gasteiger partial charge in [-0.25, -0.2) is 9.97 Å². The van der Waals surface area contributed by atoms with Gasteiger partial charge in [-0.05, 0) is 40.5 Å². The van der Waals surface area contributed by atoms with Crippen LogP contribution in [0.1, 0.15) is 50.7 Å². The van der Waals surface area contributed by atoms with Gasteiger partial charge >= 0.3 is 0 Å². The van der Waals surface area contributed by atoms with E-state index in [-0.39, 0.29) is 26.8 Å². The van der Waals surface area contributed by atoms with Crippen LogP contribution >= 0.6 is 0 Å². The number of rotatable bonds is 5. The van der Waals surface area contributed by atoms with Gasteiger partial charge in [0.15, 0.2) is 0 Å². The largest absolute Gasteiger partial charge is 0.507 e. The molecule has 1 N–H and O–H groups in total. The van der Waals surface area contributed by atoms with Crippen molar-refractivity contribution >= 4 is 32.4 Å². The van der Waals surface area contributed by atoms with Crippen LogP contribution in [-0.2, 0) is 21.1 Å². The van der Waals surface area contributed by atoms with Crippen LogP contribution in [0.25, 0.3) is 60.9 Å². The molecule has 2 aromatic heterocycles. The fourth-order valence-electron chi connectivity index (χ4n) is 6.08. The number of imidazole rings is 1. The van der Waals surface area contributed by atoms with Crippen LogP contribution in [0.3, 0.4) is 0 Å². The number of aromatic hydroxyl groups is 1. The van der Waals surface area contributed by atoms with Crippen LogP contribution in [-0.4, -0.2) is 19.6 Å². The molecule has 0 aliphatic carbocycles. The van der Waals surface area contributed by atoms with Gasteiger partial charge in [0.25, 0.3) is 0 Å². The van der Waals surface area contributed by atoms with Crippen molar-refractivity contribution in [1.29, 1.82) is 0 Å². The number of pyridine rings is 1. The molecule has 0 amide bonds. The van der Waals surface area contributed by atoms with Gasteiger partial charge in [-0.3, -0.25) is 0 Å². The van der Waals surface area contributed by atoms with Crippen molar-refractivity contribution in [1.82, 2.24) is 14.5 Å². The van der Waals surface area contributed by atoms with E-state index in [0.29, 0.717) is 11.8 Å². The number of aromatic nitrogens is 3. The number of para-hydroxylation sites is 1. The molecule has 5 heteroatoms. The Hall–Kier alpha value is -4.27. The molecule has 0 fully saturated rings. The quantitative estimate of drug-likeness (QED) is 0.141. The topological polar surface area (TPSA) is 50.9 Å². The SMILES string of the molecule is CC(C)c1cccc(C(C)C)c1-n1cc(-c2ccc3ccc4cccc(O)c4c3n2)nc1-c1cccc2ccc[c-]c12.[Pt]. The molecule has 2 heterocycles. The Bertz CT molecular complexity index is 2100. The van der Waals surface area contributed by atoms with Gasteiger partial charge in [0, 0.05) is 38.0 Å². The van der Waals surface area contributed by atoms with E-state index in [9.17, 15) is 5.11 Å². The molecule has 0 bridgehead atoms. The van der Waals surface area contributed by atoms with E-state index in [2.05, 4.69) is 99.1 Å². The van der Waals surface area contributed by atoms with Crippen LogP contribution in [0, 0.1) is 6.07 Å². The van der Waals surface area contributed by atoms with Gasteiger partial charge in [-0.2, -0.15) is 0 Å². The van der Waals surface area contributed by atoms with Crippen molar-refractivity contribution in [2.24, 2.45) is 0 Å². The summed E-state index contributed by atoms with van der Waals surface area (Å²) in [4.78, 5) is 10.4. The second-order valence-electron chi connectivity index (χ2n) is 11.6. The Balaban J connectivity index is 0.00000329. The van der Waals surface area contributed by atoms with Crippen molar-refractivity contribution in [3.8, 4) is 34.2 Å². The van der Waals surface area contributed by atoms with Gasteiger partial charge in [-0.15, -0.1) is 35.0 Å². The van der Waals surface area contributed by atoms with E-state index in [1.165, 1.54) is 16.8 Å². The fourth-order valence-corrected chi connectivity index (χ4v) is 6.08. The normalized spacial score (nSPS) is 11.6. The van der Waals surface area contributed by atoms with Gasteiger partial charge in [0.2, 0.25) is 0 Å². The number of hydrogen-bond donors (Lipinski definition) is 1. The number of hydrogen-bond acceptors (Lipinski definition) is 3. The summed E-state index contributed by atoms with van der Waals surface area (Å²) in [6, 6.07) is 36.3. The smallest absolute Gasteiger partial charge is 0.125 e. The minimum absolute atomic E-state index is 0. The van der Waals surface area contributed by atoms with E-state index in [1.807, 2.05) is 36.4 Å². The fraction of sp³-hybridized carbons (Fsp3) is 0.158. The maximum absolute atomic E-state index is 10.8. The summed E-state index contributed by atoms with van der Waals surface area (Å²) in [5.41, 5.74) is 7.06. The van der Waals surface area contributed by atoms with Crippen molar-refractivity contribution < 1.29 is 26.2 Å². The molecule has 0 radical (unpaired) electrons. The summed E-state index contributed by atoms with van der Waals surface area (Å²) in [5.74, 6) is 1.73. The van der Waals surface area contributed by atoms with E-state index < -0.39 is 0 Å². The molecule has 0 aliphatic rings. The summed E-state index contributed by atoms with van der Waals surface area (Å²) in [7, 11) is 0. The third kappa shape index (κ3) is 4.94. The summed E-state index contributed by atoms with van der Waals surface area (Å²) >= 11 is 0. The molecule has 0 saturated carbocycles. The Labute approximate surface area is 266 Å². The second kappa shape index (κ2) is 11.4. The first-order chi connectivity index (χ1) is 20.4. The molecule has 7 rings (SSSR count). The predicted molar refractivity (Wildman–Crippen MR) is 173 cm³/mol. The number of phenolic OH excluding ortho intramolecular Hbond substituents is 1. The number of benzene rings is 5. The van der Waals surface area contributed by atoms with Crippen molar-refractivity contribution in [3.05, 3.63) is 120 Å². The van der Waals surface area contributed by atoms with Crippen molar-refractivity contribution in [3.63, 3.8) is 0 Å². The third-order valence-corrected chi connectivity index (χ3v) is 8.17. The second-order valence-corrected chi connectivity index (χ2v) is 11.6. The van der Waals surface area contributed by atoms with E-state index in [1.54, 1.807) is 6.07 Å². The van der Waals surface area contributed by atoms with Crippen LogP contribution in [0.5, 0.6) is 5.75 Å². The third-order valence-electron chi connectivity index (χ3n) is 8.17. The minimum atomic E-state index is 0. The van der Waals surface area contributed by atoms with E-state index >= 15 is 0 Å². The summed E-state index contributed by atoms with van der Waals surface area (Å²) in [6.45, 7) is 8.98. The molecule has 5 aromatic carbocycles. The first kappa shape index (κ1) is 28.8. The van der Waals surface area contributed by atoms with Gasteiger partial charge in [0.05, 0.1) is 16.9 Å². The standard InChI is InChI=1S/C38H32N3O.Pt/c1-23(2)28-14-9-15-29(24(3)4)37(28)41-22-33(40-38(41)31-16-7-11-25-10-5-6-13-30(25)31)32-21-20-27-19-18-26-12-8-17-34(42)35(26)36(27)39-32;/h5-12,14-24,42H,1-4H3;/q-1;. The first-order valence-corrected chi connectivity index (χ1v) is 14.5. The van der Waals surface area contributed by atoms with Crippen LogP contribution in [0.4, 0.5) is 0 Å². The zero-order chi connectivity index (χ0) is 29.0. The number of nitrogens with zero attached hydrogens (tertiary/aromatic N) is 3. The summed E-state index contributed by atoms with van der Waals surface area (Å²) in [6.07, 6.45) is 2.13. The van der Waals surface area contributed by atoms with Crippen molar-refractivity contribution in [2.75, 3.05) is 0 Å². The van der Waals surface area contributed by atoms with Crippen molar-refractivity contribution in [2.45, 2.75) is 39.5 Å². The molecule has 0 unspecified atom stereocenters. The Morgan fingerprint density at radius 1 is 0.674 bits per heavy atom. The monoisotopic (exact) mass is 741 g/mol. The van der Waals surface area contributed by atoms with Crippen LogP contribution < -0.4 is 0 Å². The Morgan fingerprint density at radius 2 is 1.33 bits per heavy atom. The molecular weight excluding hydrogens is 710 g/mol. The van der Waals surface area contributed by atoms with Gasteiger partial charge < -0.3 is 9.67 Å². The molecule has 0 aliphatic heterocycles. The number of phenols is 1. The van der Waals surface area contributed by atoms with Gasteiger partial charge in [0.1, 0.15) is 17.3 Å². The molecule has 43 heavy (non-hydrogen) atoms. The molecule has 7 aromatic rings. The van der Waals surface area contributed by atoms with Gasteiger partial charge in [-0.1, -0.05) is 100.0 Å². The molecule has 216 valence electrons. The Kier molecular flexibility index (Phi) is 7.66. The number of fused-ring (bicyclic) bond motifs is 4. The molecule has 0 atom stereocenters. The van der Waals surface area contributed by atoms with Crippen LogP contribution in [0.15, 0.2) is 103 Å². The molecular formula is C38H32N3OPt-. The molecule has 0 saturated heterocycles. The minimum Gasteiger partial charge on any atom is -0.507 e. The van der Waals surface area contributed by atoms with E-state index in [0.717, 1.165) is 55.2 Å². The maximum Gasteiger partial charge on any atom is 0.125 e. The zero-order valence-corrected chi connectivity index (χ0v) is 26.8. The Morgan fingerprint density at radius 3 is 2.09 bits per heavy atom. The molecule has 0 spiro atoms. The van der Waals surface area contributed by atoms with Crippen LogP contribution in [0.2, 0.25) is 0 Å². The molecule has 4 nitrogen and oxygen atoms in total. The van der Waals surface area contributed by atoms with E-state index in [4.69, 9.17) is 9.97 Å². The summed E-state index contributed by atoms with van der Waals surface area (Å²) < 4.78 is 2.27. The predicted octanol–water partition coefficient (Wildman–Crippen LogP) is 9.81. The zero-order valence-electron chi connectivity index (χ0n) is 24.6. The average molecular weight is 742 g/mol.